The Kier molecular flexibility index (Phi) is 5.34. The van der Waals surface area contributed by atoms with Crippen molar-refractivity contribution in [3.05, 3.63) is 28.2 Å². The van der Waals surface area contributed by atoms with Crippen LogP contribution in [0.25, 0.3) is 0 Å². The van der Waals surface area contributed by atoms with Gasteiger partial charge in [-0.25, -0.2) is 0 Å². The van der Waals surface area contributed by atoms with Gasteiger partial charge < -0.3 is 4.74 Å². The summed E-state index contributed by atoms with van der Waals surface area (Å²) in [4.78, 5) is 11.6. The SMILES string of the molecule is O=C(CCBr)c1cc(OC(F)F)ccc1Br. The maximum Gasteiger partial charge on any atom is 0.387 e. The van der Waals surface area contributed by atoms with E-state index >= 15 is 0 Å². The molecule has 0 aliphatic carbocycles. The van der Waals surface area contributed by atoms with Crippen molar-refractivity contribution in [3.8, 4) is 5.75 Å². The lowest BCUT2D eigenvalue weighted by molar-refractivity contribution is -0.0498. The summed E-state index contributed by atoms with van der Waals surface area (Å²) in [6, 6.07) is 4.20. The molecule has 1 aromatic carbocycles. The molecule has 0 aliphatic rings. The van der Waals surface area contributed by atoms with Crippen LogP contribution in [-0.4, -0.2) is 17.7 Å². The van der Waals surface area contributed by atoms with E-state index in [1.807, 2.05) is 0 Å². The molecule has 0 bridgehead atoms. The minimum absolute atomic E-state index is 0.0175. The summed E-state index contributed by atoms with van der Waals surface area (Å²) < 4.78 is 28.7. The molecular formula is C10H8Br2F2O2. The summed E-state index contributed by atoms with van der Waals surface area (Å²) >= 11 is 6.33. The lowest BCUT2D eigenvalue weighted by atomic mass is 10.1. The highest BCUT2D eigenvalue weighted by Gasteiger charge is 2.12. The Morgan fingerprint density at radius 1 is 1.44 bits per heavy atom. The molecule has 0 saturated heterocycles. The number of benzene rings is 1. The van der Waals surface area contributed by atoms with Gasteiger partial charge in [-0.05, 0) is 18.2 Å². The molecule has 0 atom stereocenters. The highest BCUT2D eigenvalue weighted by Crippen LogP contribution is 2.25. The van der Waals surface area contributed by atoms with Crippen LogP contribution in [0.4, 0.5) is 8.78 Å². The van der Waals surface area contributed by atoms with Gasteiger partial charge in [-0.1, -0.05) is 31.9 Å². The van der Waals surface area contributed by atoms with Gasteiger partial charge in [-0.2, -0.15) is 8.78 Å². The molecule has 2 nitrogen and oxygen atoms in total. The molecule has 0 saturated carbocycles. The van der Waals surface area contributed by atoms with Crippen molar-refractivity contribution in [2.75, 3.05) is 5.33 Å². The largest absolute Gasteiger partial charge is 0.435 e. The quantitative estimate of drug-likeness (QED) is 0.587. The van der Waals surface area contributed by atoms with E-state index in [9.17, 15) is 13.6 Å². The summed E-state index contributed by atoms with van der Waals surface area (Å²) in [7, 11) is 0. The molecule has 1 rings (SSSR count). The molecule has 0 unspecified atom stereocenters. The fourth-order valence-corrected chi connectivity index (χ4v) is 1.94. The van der Waals surface area contributed by atoms with E-state index in [0.29, 0.717) is 21.8 Å². The number of carbonyl (C=O) groups is 1. The van der Waals surface area contributed by atoms with Crippen LogP contribution >= 0.6 is 31.9 Å². The van der Waals surface area contributed by atoms with Crippen molar-refractivity contribution in [1.82, 2.24) is 0 Å². The summed E-state index contributed by atoms with van der Waals surface area (Å²) in [5, 5.41) is 0.526. The Hall–Kier alpha value is -0.490. The molecule has 0 spiro atoms. The second-order valence-corrected chi connectivity index (χ2v) is 4.53. The molecule has 0 heterocycles. The Labute approximate surface area is 108 Å². The Balaban J connectivity index is 2.94. The summed E-state index contributed by atoms with van der Waals surface area (Å²) in [5.74, 6) is -0.153. The molecule has 1 aromatic rings. The van der Waals surface area contributed by atoms with Crippen molar-refractivity contribution in [2.24, 2.45) is 0 Å². The van der Waals surface area contributed by atoms with Crippen molar-refractivity contribution in [3.63, 3.8) is 0 Å². The molecule has 6 heteroatoms. The molecule has 0 amide bonds. The number of halogens is 4. The van der Waals surface area contributed by atoms with Gasteiger partial charge in [0.15, 0.2) is 5.78 Å². The normalized spacial score (nSPS) is 10.6. The van der Waals surface area contributed by atoms with E-state index in [2.05, 4.69) is 36.6 Å². The first-order valence-electron chi connectivity index (χ1n) is 4.38. The number of hydrogen-bond acceptors (Lipinski definition) is 2. The highest BCUT2D eigenvalue weighted by molar-refractivity contribution is 9.10. The van der Waals surface area contributed by atoms with Crippen LogP contribution in [0.1, 0.15) is 16.8 Å². The van der Waals surface area contributed by atoms with Gasteiger partial charge in [-0.3, -0.25) is 4.79 Å². The average Bonchev–Trinajstić information content (AvgIpc) is 2.20. The monoisotopic (exact) mass is 356 g/mol. The summed E-state index contributed by atoms with van der Waals surface area (Å²) in [6.45, 7) is -2.89. The molecule has 0 fully saturated rings. The van der Waals surface area contributed by atoms with Crippen LogP contribution < -0.4 is 4.74 Å². The van der Waals surface area contributed by atoms with Crippen molar-refractivity contribution in [2.45, 2.75) is 13.0 Å². The minimum atomic E-state index is -2.89. The van der Waals surface area contributed by atoms with E-state index in [1.165, 1.54) is 18.2 Å². The number of ketones is 1. The van der Waals surface area contributed by atoms with Gasteiger partial charge in [0.25, 0.3) is 0 Å². The number of alkyl halides is 3. The van der Waals surface area contributed by atoms with Crippen LogP contribution in [0.3, 0.4) is 0 Å². The standard InChI is InChI=1S/C10H8Br2F2O2/c11-4-3-9(15)7-5-6(16-10(13)14)1-2-8(7)12/h1-2,5,10H,3-4H2. The van der Waals surface area contributed by atoms with Crippen LogP contribution in [0.2, 0.25) is 0 Å². The Morgan fingerprint density at radius 2 is 2.12 bits per heavy atom. The number of rotatable bonds is 5. The zero-order chi connectivity index (χ0) is 12.1. The number of carbonyl (C=O) groups excluding carboxylic acids is 1. The third-order valence-electron chi connectivity index (χ3n) is 1.78. The van der Waals surface area contributed by atoms with E-state index in [-0.39, 0.29) is 11.5 Å². The van der Waals surface area contributed by atoms with Crippen molar-refractivity contribution < 1.29 is 18.3 Å². The van der Waals surface area contributed by atoms with Gasteiger partial charge in [0.05, 0.1) is 0 Å². The third-order valence-corrected chi connectivity index (χ3v) is 2.87. The zero-order valence-corrected chi connectivity index (χ0v) is 11.2. The van der Waals surface area contributed by atoms with Gasteiger partial charge in [-0.15, -0.1) is 0 Å². The van der Waals surface area contributed by atoms with E-state index < -0.39 is 6.61 Å². The van der Waals surface area contributed by atoms with Crippen LogP contribution in [0.15, 0.2) is 22.7 Å². The fourth-order valence-electron chi connectivity index (χ4n) is 1.11. The van der Waals surface area contributed by atoms with Gasteiger partial charge in [0, 0.05) is 21.8 Å². The van der Waals surface area contributed by atoms with Gasteiger partial charge in [0.2, 0.25) is 0 Å². The zero-order valence-electron chi connectivity index (χ0n) is 8.05. The number of hydrogen-bond donors (Lipinski definition) is 0. The Morgan fingerprint density at radius 3 is 2.69 bits per heavy atom. The lowest BCUT2D eigenvalue weighted by Crippen LogP contribution is -2.05. The fraction of sp³-hybridized carbons (Fsp3) is 0.300. The average molecular weight is 358 g/mol. The first kappa shape index (κ1) is 13.6. The molecular weight excluding hydrogens is 350 g/mol. The molecule has 16 heavy (non-hydrogen) atoms. The van der Waals surface area contributed by atoms with Crippen LogP contribution in [0.5, 0.6) is 5.75 Å². The van der Waals surface area contributed by atoms with Crippen LogP contribution in [-0.2, 0) is 0 Å². The van der Waals surface area contributed by atoms with E-state index in [0.717, 1.165) is 0 Å². The lowest BCUT2D eigenvalue weighted by Gasteiger charge is -2.07. The summed E-state index contributed by atoms with van der Waals surface area (Å²) in [6.07, 6.45) is 0.302. The molecule has 88 valence electrons. The van der Waals surface area contributed by atoms with Crippen molar-refractivity contribution in [1.29, 1.82) is 0 Å². The number of ether oxygens (including phenoxy) is 1. The molecule has 0 radical (unpaired) electrons. The third kappa shape index (κ3) is 3.83. The smallest absolute Gasteiger partial charge is 0.387 e. The summed E-state index contributed by atoms with van der Waals surface area (Å²) in [5.41, 5.74) is 0.345. The second kappa shape index (κ2) is 6.30. The predicted molar refractivity (Wildman–Crippen MR) is 63.5 cm³/mol. The second-order valence-electron chi connectivity index (χ2n) is 2.88. The first-order valence-corrected chi connectivity index (χ1v) is 6.29. The molecule has 0 N–H and O–H groups in total. The minimum Gasteiger partial charge on any atom is -0.435 e. The van der Waals surface area contributed by atoms with Crippen molar-refractivity contribution >= 4 is 37.6 Å². The van der Waals surface area contributed by atoms with E-state index in [4.69, 9.17) is 0 Å². The van der Waals surface area contributed by atoms with E-state index in [1.54, 1.807) is 0 Å². The van der Waals surface area contributed by atoms with Gasteiger partial charge >= 0.3 is 6.61 Å². The topological polar surface area (TPSA) is 26.3 Å². The van der Waals surface area contributed by atoms with Gasteiger partial charge in [0.1, 0.15) is 5.75 Å². The molecule has 0 aromatic heterocycles. The van der Waals surface area contributed by atoms with Crippen LogP contribution in [0, 0.1) is 0 Å². The first-order chi connectivity index (χ1) is 7.54. The Bertz CT molecular complexity index is 383. The highest BCUT2D eigenvalue weighted by atomic mass is 79.9. The maximum absolute atomic E-state index is 12.0. The molecule has 0 aliphatic heterocycles. The number of Topliss-reactive ketones (excluding diaryl/α,β-unsaturated/α-hetero) is 1. The predicted octanol–water partition coefficient (Wildman–Crippen LogP) is 4.02. The maximum atomic E-state index is 12.0.